The number of fused-ring (bicyclic) bond motifs is 1. The van der Waals surface area contributed by atoms with Gasteiger partial charge < -0.3 is 4.74 Å². The summed E-state index contributed by atoms with van der Waals surface area (Å²) in [7, 11) is 0. The smallest absolute Gasteiger partial charge is 0.339 e. The van der Waals surface area contributed by atoms with Crippen molar-refractivity contribution >= 4 is 5.97 Å². The van der Waals surface area contributed by atoms with Crippen molar-refractivity contribution in [2.75, 3.05) is 0 Å². The summed E-state index contributed by atoms with van der Waals surface area (Å²) in [5.74, 6) is -0.219. The minimum atomic E-state index is -0.219. The van der Waals surface area contributed by atoms with E-state index < -0.39 is 0 Å². The molecule has 0 spiro atoms. The van der Waals surface area contributed by atoms with Crippen LogP contribution in [0.15, 0.2) is 18.2 Å². The molecule has 0 fully saturated rings. The van der Waals surface area contributed by atoms with Gasteiger partial charge in [0.1, 0.15) is 0 Å². The summed E-state index contributed by atoms with van der Waals surface area (Å²) in [6, 6.07) is 6.06. The zero-order valence-electron chi connectivity index (χ0n) is 9.91. The Bertz CT molecular complexity index is 412. The Labute approximate surface area is 95.8 Å². The van der Waals surface area contributed by atoms with E-state index in [1.165, 1.54) is 0 Å². The maximum atomic E-state index is 11.8. The first-order valence-electron chi connectivity index (χ1n) is 5.63. The first kappa shape index (κ1) is 11.1. The van der Waals surface area contributed by atoms with E-state index >= 15 is 0 Å². The predicted octanol–water partition coefficient (Wildman–Crippen LogP) is 2.03. The Morgan fingerprint density at radius 1 is 1.44 bits per heavy atom. The Morgan fingerprint density at radius 3 is 2.88 bits per heavy atom. The summed E-state index contributed by atoms with van der Waals surface area (Å²) in [5.41, 5.74) is 2.98. The van der Waals surface area contributed by atoms with Crippen molar-refractivity contribution in [3.8, 4) is 0 Å². The van der Waals surface area contributed by atoms with Crippen molar-refractivity contribution in [2.24, 2.45) is 0 Å². The molecule has 3 nitrogen and oxygen atoms in total. The van der Waals surface area contributed by atoms with E-state index in [2.05, 4.69) is 5.32 Å². The number of ether oxygens (including phenoxy) is 1. The van der Waals surface area contributed by atoms with Crippen LogP contribution in [0.5, 0.6) is 0 Å². The van der Waals surface area contributed by atoms with Gasteiger partial charge in [-0.05, 0) is 38.0 Å². The number of cyclic esters (lactones) is 1. The highest BCUT2D eigenvalue weighted by atomic mass is 16.6. The van der Waals surface area contributed by atoms with E-state index in [4.69, 9.17) is 4.74 Å². The van der Waals surface area contributed by atoms with Crippen molar-refractivity contribution in [2.45, 2.75) is 39.5 Å². The van der Waals surface area contributed by atoms with Gasteiger partial charge in [-0.2, -0.15) is 0 Å². The fourth-order valence-electron chi connectivity index (χ4n) is 2.05. The molecule has 0 saturated heterocycles. The lowest BCUT2D eigenvalue weighted by atomic mass is 9.96. The van der Waals surface area contributed by atoms with Crippen molar-refractivity contribution in [3.63, 3.8) is 0 Å². The van der Waals surface area contributed by atoms with E-state index in [9.17, 15) is 4.79 Å². The topological polar surface area (TPSA) is 38.3 Å². The molecule has 86 valence electrons. The number of benzene rings is 1. The molecule has 16 heavy (non-hydrogen) atoms. The highest BCUT2D eigenvalue weighted by molar-refractivity contribution is 5.92. The van der Waals surface area contributed by atoms with Crippen LogP contribution in [0.3, 0.4) is 0 Å². The molecule has 1 aromatic rings. The number of rotatable bonds is 2. The van der Waals surface area contributed by atoms with Crippen LogP contribution in [0.25, 0.3) is 0 Å². The number of carbonyl (C=O) groups excluding carboxylic acids is 1. The summed E-state index contributed by atoms with van der Waals surface area (Å²) in [6.45, 7) is 6.12. The van der Waals surface area contributed by atoms with Crippen LogP contribution in [-0.4, -0.2) is 18.2 Å². The van der Waals surface area contributed by atoms with E-state index in [-0.39, 0.29) is 12.2 Å². The molecule has 1 heterocycles. The van der Waals surface area contributed by atoms with E-state index in [1.807, 2.05) is 39.0 Å². The van der Waals surface area contributed by atoms with Crippen LogP contribution in [0.1, 0.15) is 35.3 Å². The molecule has 1 N–H and O–H groups in total. The molecule has 1 aliphatic rings. The Kier molecular flexibility index (Phi) is 2.97. The van der Waals surface area contributed by atoms with Gasteiger partial charge in [0.2, 0.25) is 0 Å². The summed E-state index contributed by atoms with van der Waals surface area (Å²) < 4.78 is 5.33. The second-order valence-corrected chi connectivity index (χ2v) is 4.52. The van der Waals surface area contributed by atoms with Gasteiger partial charge in [-0.1, -0.05) is 12.1 Å². The maximum Gasteiger partial charge on any atom is 0.339 e. The SMILES string of the molecule is Cc1cccc2c1CC(NC(C)C)OC2=O. The second kappa shape index (κ2) is 4.26. The van der Waals surface area contributed by atoms with Crippen molar-refractivity contribution < 1.29 is 9.53 Å². The molecule has 0 amide bonds. The zero-order valence-corrected chi connectivity index (χ0v) is 9.91. The molecule has 1 unspecified atom stereocenters. The van der Waals surface area contributed by atoms with Crippen molar-refractivity contribution in [1.82, 2.24) is 5.32 Å². The molecule has 1 atom stereocenters. The van der Waals surface area contributed by atoms with Crippen molar-refractivity contribution in [3.05, 3.63) is 34.9 Å². The lowest BCUT2D eigenvalue weighted by Gasteiger charge is -2.27. The lowest BCUT2D eigenvalue weighted by molar-refractivity contribution is 0.0145. The van der Waals surface area contributed by atoms with Crippen LogP contribution in [0, 0.1) is 6.92 Å². The molecular formula is C13H17NO2. The fraction of sp³-hybridized carbons (Fsp3) is 0.462. The number of hydrogen-bond acceptors (Lipinski definition) is 3. The molecule has 1 aromatic carbocycles. The molecule has 3 heteroatoms. The monoisotopic (exact) mass is 219 g/mol. The van der Waals surface area contributed by atoms with Crippen molar-refractivity contribution in [1.29, 1.82) is 0 Å². The number of esters is 1. The van der Waals surface area contributed by atoms with Gasteiger partial charge in [0, 0.05) is 12.5 Å². The third-order valence-corrected chi connectivity index (χ3v) is 2.79. The number of carbonyl (C=O) groups is 1. The van der Waals surface area contributed by atoms with Gasteiger partial charge in [-0.3, -0.25) is 5.32 Å². The third kappa shape index (κ3) is 2.09. The van der Waals surface area contributed by atoms with Gasteiger partial charge in [0.05, 0.1) is 5.56 Å². The molecule has 0 aromatic heterocycles. The Morgan fingerprint density at radius 2 is 2.19 bits per heavy atom. The number of hydrogen-bond donors (Lipinski definition) is 1. The first-order chi connectivity index (χ1) is 7.58. The first-order valence-corrected chi connectivity index (χ1v) is 5.63. The number of aryl methyl sites for hydroxylation is 1. The Hall–Kier alpha value is -1.35. The average Bonchev–Trinajstić information content (AvgIpc) is 2.19. The second-order valence-electron chi connectivity index (χ2n) is 4.52. The molecule has 0 saturated carbocycles. The van der Waals surface area contributed by atoms with E-state index in [1.54, 1.807) is 0 Å². The van der Waals surface area contributed by atoms with Gasteiger partial charge in [0.15, 0.2) is 6.23 Å². The van der Waals surface area contributed by atoms with Crippen LogP contribution in [0.4, 0.5) is 0 Å². The van der Waals surface area contributed by atoms with Crippen LogP contribution in [-0.2, 0) is 11.2 Å². The fourth-order valence-corrected chi connectivity index (χ4v) is 2.05. The van der Waals surface area contributed by atoms with Gasteiger partial charge >= 0.3 is 5.97 Å². The van der Waals surface area contributed by atoms with Gasteiger partial charge in [0.25, 0.3) is 0 Å². The van der Waals surface area contributed by atoms with E-state index in [0.717, 1.165) is 17.5 Å². The molecule has 1 aliphatic heterocycles. The summed E-state index contributed by atoms with van der Waals surface area (Å²) in [6.07, 6.45) is 0.562. The molecule has 0 radical (unpaired) electrons. The normalized spacial score (nSPS) is 19.5. The number of nitrogens with one attached hydrogen (secondary N) is 1. The van der Waals surface area contributed by atoms with Crippen LogP contribution in [0.2, 0.25) is 0 Å². The highest BCUT2D eigenvalue weighted by Gasteiger charge is 2.27. The average molecular weight is 219 g/mol. The predicted molar refractivity (Wildman–Crippen MR) is 62.4 cm³/mol. The van der Waals surface area contributed by atoms with E-state index in [0.29, 0.717) is 11.6 Å². The van der Waals surface area contributed by atoms with Crippen LogP contribution < -0.4 is 5.32 Å². The zero-order chi connectivity index (χ0) is 11.7. The quantitative estimate of drug-likeness (QED) is 0.773. The van der Waals surface area contributed by atoms with Crippen LogP contribution >= 0.6 is 0 Å². The third-order valence-electron chi connectivity index (χ3n) is 2.79. The summed E-state index contributed by atoms with van der Waals surface area (Å²) >= 11 is 0. The van der Waals surface area contributed by atoms with Gasteiger partial charge in [-0.15, -0.1) is 0 Å². The summed E-state index contributed by atoms with van der Waals surface area (Å²) in [4.78, 5) is 11.8. The minimum absolute atomic E-state index is 0.193. The molecule has 2 rings (SSSR count). The summed E-state index contributed by atoms with van der Waals surface area (Å²) in [5, 5.41) is 3.24. The lowest BCUT2D eigenvalue weighted by Crippen LogP contribution is -2.43. The van der Waals surface area contributed by atoms with Gasteiger partial charge in [-0.25, -0.2) is 4.79 Å². The Balaban J connectivity index is 2.28. The maximum absolute atomic E-state index is 11.8. The molecule has 0 bridgehead atoms. The molecule has 0 aliphatic carbocycles. The molecular weight excluding hydrogens is 202 g/mol. The minimum Gasteiger partial charge on any atom is -0.443 e. The highest BCUT2D eigenvalue weighted by Crippen LogP contribution is 2.22. The largest absolute Gasteiger partial charge is 0.443 e. The standard InChI is InChI=1S/C13H17NO2/c1-8(2)14-12-7-11-9(3)5-4-6-10(11)13(15)16-12/h4-6,8,12,14H,7H2,1-3H3.